The number of hydrogen-bond acceptors (Lipinski definition) is 5. The molecule has 2 heterocycles. The maximum absolute atomic E-state index is 12.9. The fourth-order valence-electron chi connectivity index (χ4n) is 2.93. The Balaban J connectivity index is 1.63. The number of rotatable bonds is 8. The first-order valence-corrected chi connectivity index (χ1v) is 9.16. The van der Waals surface area contributed by atoms with Crippen molar-refractivity contribution in [2.45, 2.75) is 32.3 Å². The van der Waals surface area contributed by atoms with Gasteiger partial charge in [-0.2, -0.15) is 0 Å². The first-order valence-electron chi connectivity index (χ1n) is 9.16. The predicted octanol–water partition coefficient (Wildman–Crippen LogP) is 2.74. The lowest BCUT2D eigenvalue weighted by atomic mass is 10.2. The molecule has 1 aromatic heterocycles. The van der Waals surface area contributed by atoms with Gasteiger partial charge in [0.1, 0.15) is 18.2 Å². The normalized spacial score (nSPS) is 16.4. The highest BCUT2D eigenvalue weighted by Crippen LogP contribution is 2.15. The molecule has 1 fully saturated rings. The van der Waals surface area contributed by atoms with Crippen molar-refractivity contribution < 1.29 is 14.3 Å². The van der Waals surface area contributed by atoms with Crippen LogP contribution in [0.15, 0.2) is 42.7 Å². The van der Waals surface area contributed by atoms with Crippen LogP contribution in [0.4, 0.5) is 0 Å². The summed E-state index contributed by atoms with van der Waals surface area (Å²) in [5, 5.41) is 0. The Morgan fingerprint density at radius 1 is 1.27 bits per heavy atom. The molecule has 2 aromatic rings. The summed E-state index contributed by atoms with van der Waals surface area (Å²) in [6.07, 6.45) is 6.07. The van der Waals surface area contributed by atoms with Crippen LogP contribution in [0.1, 0.15) is 35.9 Å². The first-order chi connectivity index (χ1) is 12.8. The topological polar surface area (TPSA) is 64.6 Å². The number of benzene rings is 1. The second-order valence-corrected chi connectivity index (χ2v) is 6.29. The third kappa shape index (κ3) is 5.02. The predicted molar refractivity (Wildman–Crippen MR) is 98.2 cm³/mol. The lowest BCUT2D eigenvalue weighted by Gasteiger charge is -2.25. The summed E-state index contributed by atoms with van der Waals surface area (Å²) in [7, 11) is 0. The maximum atomic E-state index is 12.9. The monoisotopic (exact) mass is 355 g/mol. The van der Waals surface area contributed by atoms with E-state index < -0.39 is 0 Å². The van der Waals surface area contributed by atoms with Crippen molar-refractivity contribution in [2.75, 3.05) is 26.3 Å². The second kappa shape index (κ2) is 9.29. The molecule has 3 rings (SSSR count). The lowest BCUT2D eigenvalue weighted by Crippen LogP contribution is -2.40. The van der Waals surface area contributed by atoms with E-state index in [0.29, 0.717) is 25.3 Å². The van der Waals surface area contributed by atoms with Gasteiger partial charge in [0.2, 0.25) is 0 Å². The van der Waals surface area contributed by atoms with E-state index >= 15 is 0 Å². The molecular formula is C20H25N3O3. The summed E-state index contributed by atoms with van der Waals surface area (Å²) >= 11 is 0. The van der Waals surface area contributed by atoms with Crippen LogP contribution in [0.25, 0.3) is 0 Å². The molecule has 6 nitrogen and oxygen atoms in total. The molecule has 1 saturated heterocycles. The molecule has 26 heavy (non-hydrogen) atoms. The van der Waals surface area contributed by atoms with Crippen LogP contribution >= 0.6 is 0 Å². The molecule has 1 aromatic carbocycles. The van der Waals surface area contributed by atoms with Gasteiger partial charge in [0.15, 0.2) is 0 Å². The maximum Gasteiger partial charge on any atom is 0.257 e. The molecule has 1 amide bonds. The van der Waals surface area contributed by atoms with Gasteiger partial charge in [0, 0.05) is 32.0 Å². The first kappa shape index (κ1) is 18.3. The summed E-state index contributed by atoms with van der Waals surface area (Å²) in [5.74, 6) is 1.45. The molecule has 1 atom stereocenters. The average molecular weight is 355 g/mol. The molecule has 0 aliphatic carbocycles. The van der Waals surface area contributed by atoms with Crippen LogP contribution in [0.2, 0.25) is 0 Å². The van der Waals surface area contributed by atoms with Crippen LogP contribution < -0.4 is 4.74 Å². The van der Waals surface area contributed by atoms with Gasteiger partial charge >= 0.3 is 0 Å². The SMILES string of the molecule is CCc1ncc(C(=O)N(CCOc2ccccc2)CC2CCCO2)cn1. The van der Waals surface area contributed by atoms with E-state index in [-0.39, 0.29) is 12.0 Å². The molecule has 0 spiro atoms. The van der Waals surface area contributed by atoms with Crippen molar-refractivity contribution in [3.8, 4) is 5.75 Å². The second-order valence-electron chi connectivity index (χ2n) is 6.29. The fourth-order valence-corrected chi connectivity index (χ4v) is 2.93. The van der Waals surface area contributed by atoms with E-state index in [4.69, 9.17) is 9.47 Å². The molecule has 1 aliphatic rings. The zero-order valence-corrected chi connectivity index (χ0v) is 15.1. The molecule has 138 valence electrons. The Hall–Kier alpha value is -2.47. The number of para-hydroxylation sites is 1. The van der Waals surface area contributed by atoms with Gasteiger partial charge in [-0.1, -0.05) is 25.1 Å². The summed E-state index contributed by atoms with van der Waals surface area (Å²) in [4.78, 5) is 23.2. The highest BCUT2D eigenvalue weighted by Gasteiger charge is 2.24. The van der Waals surface area contributed by atoms with Crippen LogP contribution in [0.3, 0.4) is 0 Å². The highest BCUT2D eigenvalue weighted by atomic mass is 16.5. The van der Waals surface area contributed by atoms with Crippen LogP contribution in [0, 0.1) is 0 Å². The fraction of sp³-hybridized carbons (Fsp3) is 0.450. The Bertz CT molecular complexity index is 685. The molecule has 0 N–H and O–H groups in total. The van der Waals surface area contributed by atoms with Gasteiger partial charge in [-0.25, -0.2) is 9.97 Å². The van der Waals surface area contributed by atoms with Gasteiger partial charge in [-0.05, 0) is 25.0 Å². The molecule has 0 saturated carbocycles. The number of aromatic nitrogens is 2. The van der Waals surface area contributed by atoms with Crippen molar-refractivity contribution in [3.05, 3.63) is 54.1 Å². The summed E-state index contributed by atoms with van der Waals surface area (Å²) in [6.45, 7) is 4.23. The van der Waals surface area contributed by atoms with Crippen LogP contribution in [0.5, 0.6) is 5.75 Å². The highest BCUT2D eigenvalue weighted by molar-refractivity contribution is 5.93. The van der Waals surface area contributed by atoms with Crippen LogP contribution in [-0.2, 0) is 11.2 Å². The Labute approximate surface area is 154 Å². The van der Waals surface area contributed by atoms with Crippen molar-refractivity contribution in [1.82, 2.24) is 14.9 Å². The molecule has 1 aliphatic heterocycles. The Morgan fingerprint density at radius 2 is 2.04 bits per heavy atom. The van der Waals surface area contributed by atoms with E-state index in [1.165, 1.54) is 0 Å². The Morgan fingerprint density at radius 3 is 2.69 bits per heavy atom. The summed E-state index contributed by atoms with van der Waals surface area (Å²) in [5.41, 5.74) is 0.500. The molecule has 6 heteroatoms. The quantitative estimate of drug-likeness (QED) is 0.728. The van der Waals surface area contributed by atoms with Crippen molar-refractivity contribution >= 4 is 5.91 Å². The Kier molecular flexibility index (Phi) is 6.55. The molecular weight excluding hydrogens is 330 g/mol. The zero-order chi connectivity index (χ0) is 18.2. The minimum atomic E-state index is -0.0835. The number of carbonyl (C=O) groups is 1. The number of aryl methyl sites for hydroxylation is 1. The van der Waals surface area contributed by atoms with E-state index in [1.54, 1.807) is 17.3 Å². The summed E-state index contributed by atoms with van der Waals surface area (Å²) in [6, 6.07) is 9.61. The third-order valence-corrected chi connectivity index (χ3v) is 4.38. The smallest absolute Gasteiger partial charge is 0.257 e. The zero-order valence-electron chi connectivity index (χ0n) is 15.1. The molecule has 1 unspecified atom stereocenters. The largest absolute Gasteiger partial charge is 0.492 e. The van der Waals surface area contributed by atoms with Gasteiger partial charge in [0.05, 0.1) is 18.2 Å². The van der Waals surface area contributed by atoms with E-state index in [0.717, 1.165) is 37.4 Å². The van der Waals surface area contributed by atoms with Gasteiger partial charge < -0.3 is 14.4 Å². The molecule has 0 bridgehead atoms. The number of nitrogens with zero attached hydrogens (tertiary/aromatic N) is 3. The standard InChI is InChI=1S/C20H25N3O3/c1-2-19-21-13-16(14-22-19)20(24)23(15-18-9-6-11-25-18)10-12-26-17-7-4-3-5-8-17/h3-5,7-8,13-14,18H,2,6,9-12,15H2,1H3. The molecule has 0 radical (unpaired) electrons. The van der Waals surface area contributed by atoms with Crippen molar-refractivity contribution in [3.63, 3.8) is 0 Å². The van der Waals surface area contributed by atoms with Gasteiger partial charge in [-0.3, -0.25) is 4.79 Å². The van der Waals surface area contributed by atoms with E-state index in [2.05, 4.69) is 9.97 Å². The van der Waals surface area contributed by atoms with E-state index in [1.807, 2.05) is 37.3 Å². The van der Waals surface area contributed by atoms with Crippen molar-refractivity contribution in [1.29, 1.82) is 0 Å². The van der Waals surface area contributed by atoms with Gasteiger partial charge in [-0.15, -0.1) is 0 Å². The summed E-state index contributed by atoms with van der Waals surface area (Å²) < 4.78 is 11.5. The number of carbonyl (C=O) groups excluding carboxylic acids is 1. The third-order valence-electron chi connectivity index (χ3n) is 4.38. The van der Waals surface area contributed by atoms with Crippen molar-refractivity contribution in [2.24, 2.45) is 0 Å². The minimum absolute atomic E-state index is 0.0835. The lowest BCUT2D eigenvalue weighted by molar-refractivity contribution is 0.0493. The van der Waals surface area contributed by atoms with Gasteiger partial charge in [0.25, 0.3) is 5.91 Å². The van der Waals surface area contributed by atoms with Crippen LogP contribution in [-0.4, -0.2) is 53.2 Å². The minimum Gasteiger partial charge on any atom is -0.492 e. The number of amides is 1. The number of hydrogen-bond donors (Lipinski definition) is 0. The number of ether oxygens (including phenoxy) is 2. The van der Waals surface area contributed by atoms with E-state index in [9.17, 15) is 4.79 Å². The average Bonchev–Trinajstić information content (AvgIpc) is 3.21.